The molecule has 0 saturated carbocycles. The SMILES string of the molecule is OCC1OC1[CH]C1CCCO1. The molecule has 63 valence electrons. The van der Waals surface area contributed by atoms with E-state index in [-0.39, 0.29) is 24.9 Å². The first kappa shape index (κ1) is 7.53. The topological polar surface area (TPSA) is 42.0 Å². The van der Waals surface area contributed by atoms with E-state index in [1.807, 2.05) is 0 Å². The maximum Gasteiger partial charge on any atom is 0.108 e. The van der Waals surface area contributed by atoms with Crippen molar-refractivity contribution in [3.63, 3.8) is 0 Å². The number of hydrogen-bond acceptors (Lipinski definition) is 3. The van der Waals surface area contributed by atoms with Gasteiger partial charge >= 0.3 is 0 Å². The highest BCUT2D eigenvalue weighted by atomic mass is 16.6. The third-order valence-electron chi connectivity index (χ3n) is 2.17. The van der Waals surface area contributed by atoms with Crippen molar-refractivity contribution in [2.24, 2.45) is 0 Å². The summed E-state index contributed by atoms with van der Waals surface area (Å²) in [6, 6.07) is 0. The molecular weight excluding hydrogens is 144 g/mol. The van der Waals surface area contributed by atoms with E-state index in [1.54, 1.807) is 0 Å². The molecule has 2 aliphatic heterocycles. The first-order chi connectivity index (χ1) is 5.40. The van der Waals surface area contributed by atoms with Crippen molar-refractivity contribution in [2.75, 3.05) is 13.2 Å². The standard InChI is InChI=1S/C8H13O3/c9-5-8-7(11-8)4-6-2-1-3-10-6/h4,6-9H,1-3,5H2. The zero-order valence-electron chi connectivity index (χ0n) is 6.40. The minimum Gasteiger partial charge on any atom is -0.394 e. The maximum absolute atomic E-state index is 8.66. The predicted octanol–water partition coefficient (Wildman–Crippen LogP) is 0.129. The van der Waals surface area contributed by atoms with Crippen molar-refractivity contribution in [1.29, 1.82) is 0 Å². The van der Waals surface area contributed by atoms with Crippen LogP contribution < -0.4 is 0 Å². The van der Waals surface area contributed by atoms with Crippen LogP contribution in [-0.4, -0.2) is 36.6 Å². The number of ether oxygens (including phenoxy) is 2. The second-order valence-corrected chi connectivity index (χ2v) is 3.07. The van der Waals surface area contributed by atoms with Gasteiger partial charge in [-0.3, -0.25) is 0 Å². The van der Waals surface area contributed by atoms with E-state index in [0.717, 1.165) is 19.4 Å². The molecule has 0 spiro atoms. The van der Waals surface area contributed by atoms with Gasteiger partial charge in [0.1, 0.15) is 6.10 Å². The average molecular weight is 157 g/mol. The fraction of sp³-hybridized carbons (Fsp3) is 0.875. The van der Waals surface area contributed by atoms with Gasteiger partial charge < -0.3 is 14.6 Å². The molecule has 3 nitrogen and oxygen atoms in total. The maximum atomic E-state index is 8.66. The van der Waals surface area contributed by atoms with Crippen LogP contribution in [0.5, 0.6) is 0 Å². The molecule has 2 heterocycles. The third-order valence-corrected chi connectivity index (χ3v) is 2.17. The van der Waals surface area contributed by atoms with Gasteiger partial charge in [0.25, 0.3) is 0 Å². The Morgan fingerprint density at radius 2 is 2.45 bits per heavy atom. The molecule has 0 aromatic rings. The van der Waals surface area contributed by atoms with Crippen LogP contribution in [0.3, 0.4) is 0 Å². The zero-order valence-corrected chi connectivity index (χ0v) is 6.40. The molecule has 11 heavy (non-hydrogen) atoms. The first-order valence-electron chi connectivity index (χ1n) is 4.13. The van der Waals surface area contributed by atoms with Crippen molar-refractivity contribution in [1.82, 2.24) is 0 Å². The van der Waals surface area contributed by atoms with Gasteiger partial charge in [0.2, 0.25) is 0 Å². The average Bonchev–Trinajstić information content (AvgIpc) is 2.54. The lowest BCUT2D eigenvalue weighted by atomic mass is 10.1. The van der Waals surface area contributed by atoms with Crippen molar-refractivity contribution in [3.05, 3.63) is 6.42 Å². The first-order valence-corrected chi connectivity index (χ1v) is 4.13. The molecule has 0 aliphatic carbocycles. The highest BCUT2D eigenvalue weighted by Crippen LogP contribution is 2.28. The van der Waals surface area contributed by atoms with Crippen molar-refractivity contribution < 1.29 is 14.6 Å². The molecule has 0 aromatic carbocycles. The van der Waals surface area contributed by atoms with E-state index in [1.165, 1.54) is 0 Å². The summed E-state index contributed by atoms with van der Waals surface area (Å²) in [7, 11) is 0. The third kappa shape index (κ3) is 1.72. The molecule has 0 bridgehead atoms. The Labute approximate surface area is 66.3 Å². The summed E-state index contributed by atoms with van der Waals surface area (Å²) in [5.74, 6) is 0. The molecule has 3 unspecified atom stereocenters. The Hall–Kier alpha value is -0.120. The van der Waals surface area contributed by atoms with Crippen LogP contribution in [0.1, 0.15) is 12.8 Å². The molecule has 1 N–H and O–H groups in total. The lowest BCUT2D eigenvalue weighted by Crippen LogP contribution is -2.12. The summed E-state index contributed by atoms with van der Waals surface area (Å²) in [5, 5.41) is 8.66. The Morgan fingerprint density at radius 3 is 3.00 bits per heavy atom. The van der Waals surface area contributed by atoms with E-state index in [2.05, 4.69) is 6.42 Å². The lowest BCUT2D eigenvalue weighted by Gasteiger charge is -2.04. The summed E-state index contributed by atoms with van der Waals surface area (Å²) < 4.78 is 10.5. The molecule has 3 atom stereocenters. The number of epoxide rings is 1. The van der Waals surface area contributed by atoms with Gasteiger partial charge in [0, 0.05) is 13.0 Å². The summed E-state index contributed by atoms with van der Waals surface area (Å²) >= 11 is 0. The van der Waals surface area contributed by atoms with Crippen LogP contribution in [0.2, 0.25) is 0 Å². The number of hydrogen-bond donors (Lipinski definition) is 1. The molecule has 2 aliphatic rings. The molecular formula is C8H13O3. The smallest absolute Gasteiger partial charge is 0.108 e. The highest BCUT2D eigenvalue weighted by molar-refractivity contribution is 5.00. The van der Waals surface area contributed by atoms with Gasteiger partial charge in [-0.1, -0.05) is 0 Å². The molecule has 0 amide bonds. The minimum absolute atomic E-state index is 0.0548. The predicted molar refractivity (Wildman–Crippen MR) is 39.0 cm³/mol. The van der Waals surface area contributed by atoms with Crippen LogP contribution in [-0.2, 0) is 9.47 Å². The second kappa shape index (κ2) is 3.09. The summed E-state index contributed by atoms with van der Waals surface area (Å²) in [6.07, 6.45) is 4.81. The number of aliphatic hydroxyl groups excluding tert-OH is 1. The largest absolute Gasteiger partial charge is 0.394 e. The van der Waals surface area contributed by atoms with Gasteiger partial charge in [-0.15, -0.1) is 0 Å². The fourth-order valence-corrected chi connectivity index (χ4v) is 1.44. The summed E-state index contributed by atoms with van der Waals surface area (Å²) in [5.41, 5.74) is 0. The molecule has 0 aromatic heterocycles. The highest BCUT2D eigenvalue weighted by Gasteiger charge is 2.40. The van der Waals surface area contributed by atoms with E-state index in [4.69, 9.17) is 14.6 Å². The van der Waals surface area contributed by atoms with Crippen molar-refractivity contribution >= 4 is 0 Å². The van der Waals surface area contributed by atoms with Crippen molar-refractivity contribution in [2.45, 2.75) is 31.2 Å². The van der Waals surface area contributed by atoms with Gasteiger partial charge in [-0.25, -0.2) is 0 Å². The van der Waals surface area contributed by atoms with Crippen LogP contribution in [0, 0.1) is 6.42 Å². The minimum atomic E-state index is 0.0548. The molecule has 3 heteroatoms. The number of rotatable bonds is 3. The zero-order chi connectivity index (χ0) is 7.68. The second-order valence-electron chi connectivity index (χ2n) is 3.07. The Kier molecular flexibility index (Phi) is 2.11. The van der Waals surface area contributed by atoms with Gasteiger partial charge in [0.05, 0.1) is 18.8 Å². The van der Waals surface area contributed by atoms with Crippen LogP contribution >= 0.6 is 0 Å². The lowest BCUT2D eigenvalue weighted by molar-refractivity contribution is 0.128. The van der Waals surface area contributed by atoms with Crippen LogP contribution in [0.15, 0.2) is 0 Å². The van der Waals surface area contributed by atoms with Crippen LogP contribution in [0.4, 0.5) is 0 Å². The number of aliphatic hydroxyl groups is 1. The molecule has 2 rings (SSSR count). The van der Waals surface area contributed by atoms with E-state index >= 15 is 0 Å². The summed E-state index contributed by atoms with van der Waals surface area (Å²) in [4.78, 5) is 0. The Balaban J connectivity index is 1.66. The van der Waals surface area contributed by atoms with Crippen molar-refractivity contribution in [3.8, 4) is 0 Å². The Morgan fingerprint density at radius 1 is 1.55 bits per heavy atom. The van der Waals surface area contributed by atoms with E-state index < -0.39 is 0 Å². The molecule has 1 radical (unpaired) electrons. The quantitative estimate of drug-likeness (QED) is 0.592. The van der Waals surface area contributed by atoms with Gasteiger partial charge in [-0.2, -0.15) is 0 Å². The van der Waals surface area contributed by atoms with E-state index in [0.29, 0.717) is 0 Å². The molecule has 2 fully saturated rings. The normalized spacial score (nSPS) is 42.8. The monoisotopic (exact) mass is 157 g/mol. The Bertz CT molecular complexity index is 131. The van der Waals surface area contributed by atoms with E-state index in [9.17, 15) is 0 Å². The van der Waals surface area contributed by atoms with Crippen LogP contribution in [0.25, 0.3) is 0 Å². The van der Waals surface area contributed by atoms with Gasteiger partial charge in [0.15, 0.2) is 0 Å². The van der Waals surface area contributed by atoms with Gasteiger partial charge in [-0.05, 0) is 12.8 Å². The molecule has 2 saturated heterocycles. The summed E-state index contributed by atoms with van der Waals surface area (Å²) in [6.45, 7) is 1.01. The fourth-order valence-electron chi connectivity index (χ4n) is 1.44.